The highest BCUT2D eigenvalue weighted by molar-refractivity contribution is 7.99. The van der Waals surface area contributed by atoms with Crippen molar-refractivity contribution in [3.8, 4) is 0 Å². The Morgan fingerprint density at radius 2 is 2.26 bits per heavy atom. The normalized spacial score (nSPS) is 16.3. The molecule has 1 atom stereocenters. The number of methoxy groups -OCH3 is 1. The van der Waals surface area contributed by atoms with Crippen molar-refractivity contribution in [3.05, 3.63) is 22.3 Å². The second-order valence-electron chi connectivity index (χ2n) is 7.00. The van der Waals surface area contributed by atoms with E-state index < -0.39 is 0 Å². The topological polar surface area (TPSA) is 86.1 Å². The summed E-state index contributed by atoms with van der Waals surface area (Å²) < 4.78 is 6.88. The number of thioether (sulfide) groups is 1. The highest BCUT2D eigenvalue weighted by atomic mass is 32.2. The third kappa shape index (κ3) is 4.35. The summed E-state index contributed by atoms with van der Waals surface area (Å²) in [4.78, 5) is 26.0. The fraction of sp³-hybridized carbons (Fsp3) is 0.556. The van der Waals surface area contributed by atoms with E-state index in [-0.39, 0.29) is 23.7 Å². The first-order valence-electron chi connectivity index (χ1n) is 8.95. The molecule has 7 nitrogen and oxygen atoms in total. The lowest BCUT2D eigenvalue weighted by molar-refractivity contribution is -0.113. The maximum atomic E-state index is 12.5. The zero-order valence-electron chi connectivity index (χ0n) is 15.9. The first-order valence-corrected chi connectivity index (χ1v) is 10.8. The molecule has 0 aromatic carbocycles. The minimum atomic E-state index is -0.385. The number of anilines is 1. The molecule has 0 fully saturated rings. The molecule has 3 rings (SSSR count). The Morgan fingerprint density at radius 1 is 1.48 bits per heavy atom. The monoisotopic (exact) mass is 408 g/mol. The van der Waals surface area contributed by atoms with Gasteiger partial charge in [0.15, 0.2) is 5.16 Å². The summed E-state index contributed by atoms with van der Waals surface area (Å²) in [5.74, 6) is 0.230. The van der Waals surface area contributed by atoms with Crippen LogP contribution in [0, 0.1) is 5.92 Å². The second kappa shape index (κ2) is 8.43. The van der Waals surface area contributed by atoms with Crippen molar-refractivity contribution in [1.29, 1.82) is 0 Å². The molecular formula is C18H24N4O3S2. The molecular weight excluding hydrogens is 384 g/mol. The van der Waals surface area contributed by atoms with Crippen LogP contribution in [0.2, 0.25) is 0 Å². The molecule has 0 aliphatic heterocycles. The standard InChI is InChI=1S/C18H24N4O3S2/c1-10(2)22-9-19-21-18(22)26-8-14(23)20-16-15(17(24)25-4)12-6-5-11(3)7-13(12)27-16/h9-11H,5-8H2,1-4H3,(H,20,23)/t11-/m1/s1. The lowest BCUT2D eigenvalue weighted by Crippen LogP contribution is -2.17. The summed E-state index contributed by atoms with van der Waals surface area (Å²) in [6.07, 6.45) is 4.49. The van der Waals surface area contributed by atoms with Gasteiger partial charge in [0.1, 0.15) is 11.3 Å². The third-order valence-electron chi connectivity index (χ3n) is 4.58. The van der Waals surface area contributed by atoms with Crippen molar-refractivity contribution in [3.63, 3.8) is 0 Å². The van der Waals surface area contributed by atoms with E-state index in [0.717, 1.165) is 24.8 Å². The van der Waals surface area contributed by atoms with Crippen LogP contribution in [0.1, 0.15) is 54.0 Å². The molecule has 1 amide bonds. The number of nitrogens with one attached hydrogen (secondary N) is 1. The van der Waals surface area contributed by atoms with Gasteiger partial charge < -0.3 is 14.6 Å². The van der Waals surface area contributed by atoms with Crippen molar-refractivity contribution in [2.24, 2.45) is 5.92 Å². The van der Waals surface area contributed by atoms with Crippen LogP contribution in [-0.4, -0.2) is 39.5 Å². The first kappa shape index (κ1) is 19.9. The van der Waals surface area contributed by atoms with Gasteiger partial charge in [-0.1, -0.05) is 18.7 Å². The van der Waals surface area contributed by atoms with Gasteiger partial charge in [-0.2, -0.15) is 0 Å². The fourth-order valence-corrected chi connectivity index (χ4v) is 5.40. The number of aromatic nitrogens is 3. The molecule has 2 heterocycles. The van der Waals surface area contributed by atoms with E-state index in [2.05, 4.69) is 22.4 Å². The largest absolute Gasteiger partial charge is 0.465 e. The lowest BCUT2D eigenvalue weighted by atomic mass is 9.88. The van der Waals surface area contributed by atoms with Gasteiger partial charge in [-0.05, 0) is 44.6 Å². The summed E-state index contributed by atoms with van der Waals surface area (Å²) in [7, 11) is 1.37. The number of nitrogens with zero attached hydrogens (tertiary/aromatic N) is 3. The van der Waals surface area contributed by atoms with E-state index >= 15 is 0 Å². The smallest absolute Gasteiger partial charge is 0.341 e. The number of hydrogen-bond donors (Lipinski definition) is 1. The molecule has 146 valence electrons. The van der Waals surface area contributed by atoms with Crippen LogP contribution in [0.25, 0.3) is 0 Å². The highest BCUT2D eigenvalue weighted by Crippen LogP contribution is 2.40. The number of amides is 1. The zero-order valence-corrected chi connectivity index (χ0v) is 17.6. The Balaban J connectivity index is 1.73. The molecule has 0 bridgehead atoms. The van der Waals surface area contributed by atoms with Crippen LogP contribution < -0.4 is 5.32 Å². The van der Waals surface area contributed by atoms with E-state index in [1.165, 1.54) is 35.1 Å². The van der Waals surface area contributed by atoms with Crippen LogP contribution in [0.4, 0.5) is 5.00 Å². The molecule has 1 aliphatic carbocycles. The van der Waals surface area contributed by atoms with Gasteiger partial charge in [0.05, 0.1) is 18.4 Å². The molecule has 0 saturated heterocycles. The molecule has 27 heavy (non-hydrogen) atoms. The summed E-state index contributed by atoms with van der Waals surface area (Å²) in [5.41, 5.74) is 1.56. The van der Waals surface area contributed by atoms with Crippen LogP contribution in [0.15, 0.2) is 11.5 Å². The summed E-state index contributed by atoms with van der Waals surface area (Å²) in [6.45, 7) is 6.28. The molecule has 1 N–H and O–H groups in total. The van der Waals surface area contributed by atoms with Gasteiger partial charge in [-0.15, -0.1) is 21.5 Å². The van der Waals surface area contributed by atoms with Gasteiger partial charge in [-0.25, -0.2) is 4.79 Å². The Bertz CT molecular complexity index is 844. The van der Waals surface area contributed by atoms with Gasteiger partial charge in [-0.3, -0.25) is 4.79 Å². The number of thiophene rings is 1. The molecule has 1 aliphatic rings. The van der Waals surface area contributed by atoms with E-state index in [1.54, 1.807) is 6.33 Å². The second-order valence-corrected chi connectivity index (χ2v) is 9.05. The Hall–Kier alpha value is -1.87. The predicted octanol–water partition coefficient (Wildman–Crippen LogP) is 3.56. The van der Waals surface area contributed by atoms with Crippen molar-refractivity contribution in [2.75, 3.05) is 18.2 Å². The first-order chi connectivity index (χ1) is 12.9. The van der Waals surface area contributed by atoms with Crippen molar-refractivity contribution in [2.45, 2.75) is 51.2 Å². The molecule has 0 unspecified atom stereocenters. The van der Waals surface area contributed by atoms with Crippen LogP contribution in [-0.2, 0) is 22.4 Å². The van der Waals surface area contributed by atoms with E-state index in [9.17, 15) is 9.59 Å². The lowest BCUT2D eigenvalue weighted by Gasteiger charge is -2.18. The van der Waals surface area contributed by atoms with E-state index in [1.807, 2.05) is 18.4 Å². The zero-order chi connectivity index (χ0) is 19.6. The molecule has 0 saturated carbocycles. The Morgan fingerprint density at radius 3 is 2.96 bits per heavy atom. The van der Waals surface area contributed by atoms with Gasteiger partial charge in [0.25, 0.3) is 0 Å². The number of esters is 1. The minimum Gasteiger partial charge on any atom is -0.465 e. The Kier molecular flexibility index (Phi) is 6.21. The number of rotatable bonds is 6. The van der Waals surface area contributed by atoms with Crippen LogP contribution in [0.5, 0.6) is 0 Å². The van der Waals surface area contributed by atoms with Crippen LogP contribution in [0.3, 0.4) is 0 Å². The Labute approximate surface area is 166 Å². The number of carbonyl (C=O) groups excluding carboxylic acids is 2. The summed E-state index contributed by atoms with van der Waals surface area (Å²) in [5, 5.41) is 12.2. The minimum absolute atomic E-state index is 0.171. The SMILES string of the molecule is COC(=O)c1c(NC(=O)CSc2nncn2C(C)C)sc2c1CC[C@@H](C)C2. The van der Waals surface area contributed by atoms with Gasteiger partial charge >= 0.3 is 5.97 Å². The quantitative estimate of drug-likeness (QED) is 0.581. The molecule has 0 spiro atoms. The van der Waals surface area contributed by atoms with Crippen molar-refractivity contribution >= 4 is 40.0 Å². The van der Waals surface area contributed by atoms with Gasteiger partial charge in [0.2, 0.25) is 5.91 Å². The van der Waals surface area contributed by atoms with Crippen molar-refractivity contribution in [1.82, 2.24) is 14.8 Å². The molecule has 2 aromatic rings. The average molecular weight is 409 g/mol. The number of carbonyl (C=O) groups is 2. The van der Waals surface area contributed by atoms with E-state index in [0.29, 0.717) is 21.6 Å². The molecule has 2 aromatic heterocycles. The molecule has 9 heteroatoms. The number of hydrogen-bond acceptors (Lipinski definition) is 7. The third-order valence-corrected chi connectivity index (χ3v) is 6.71. The number of ether oxygens (including phenoxy) is 1. The van der Waals surface area contributed by atoms with Crippen molar-refractivity contribution < 1.29 is 14.3 Å². The number of fused-ring (bicyclic) bond motifs is 1. The maximum Gasteiger partial charge on any atom is 0.341 e. The fourth-order valence-electron chi connectivity index (χ4n) is 3.14. The maximum absolute atomic E-state index is 12.5. The highest BCUT2D eigenvalue weighted by Gasteiger charge is 2.28. The average Bonchev–Trinajstić information content (AvgIpc) is 3.23. The summed E-state index contributed by atoms with van der Waals surface area (Å²) in [6, 6.07) is 0.225. The predicted molar refractivity (Wildman–Crippen MR) is 107 cm³/mol. The van der Waals surface area contributed by atoms with E-state index in [4.69, 9.17) is 4.74 Å². The van der Waals surface area contributed by atoms with Gasteiger partial charge in [0, 0.05) is 10.9 Å². The summed E-state index contributed by atoms with van der Waals surface area (Å²) >= 11 is 2.82. The van der Waals surface area contributed by atoms with Crippen LogP contribution >= 0.6 is 23.1 Å². The molecule has 0 radical (unpaired) electrons.